The lowest BCUT2D eigenvalue weighted by atomic mass is 9.97. The Bertz CT molecular complexity index is 404. The van der Waals surface area contributed by atoms with Crippen LogP contribution in [0, 0.1) is 11.3 Å². The Balaban J connectivity index is 2.79. The zero-order valence-corrected chi connectivity index (χ0v) is 11.7. The summed E-state index contributed by atoms with van der Waals surface area (Å²) >= 11 is 0. The summed E-state index contributed by atoms with van der Waals surface area (Å²) < 4.78 is 5.78. The summed E-state index contributed by atoms with van der Waals surface area (Å²) in [7, 11) is 0. The maximum atomic E-state index is 8.56. The van der Waals surface area contributed by atoms with E-state index in [1.807, 2.05) is 0 Å². The van der Waals surface area contributed by atoms with E-state index in [0.717, 1.165) is 31.6 Å². The van der Waals surface area contributed by atoms with Gasteiger partial charge in [-0.05, 0) is 42.4 Å². The molecule has 98 valence electrons. The van der Waals surface area contributed by atoms with Crippen molar-refractivity contribution in [3.8, 4) is 11.8 Å². The zero-order valence-electron chi connectivity index (χ0n) is 11.7. The molecule has 2 heteroatoms. The smallest absolute Gasteiger partial charge is 0.122 e. The molecule has 0 N–H and O–H groups in total. The fraction of sp³-hybridized carbons (Fsp3) is 0.562. The molecule has 0 aromatic heterocycles. The van der Waals surface area contributed by atoms with E-state index < -0.39 is 0 Å². The third-order valence-electron chi connectivity index (χ3n) is 2.91. The molecule has 0 spiro atoms. The molecule has 0 amide bonds. The van der Waals surface area contributed by atoms with Crippen molar-refractivity contribution in [1.29, 1.82) is 5.26 Å². The summed E-state index contributed by atoms with van der Waals surface area (Å²) in [5.41, 5.74) is 2.58. The van der Waals surface area contributed by atoms with Gasteiger partial charge in [0.15, 0.2) is 0 Å². The third-order valence-corrected chi connectivity index (χ3v) is 2.91. The van der Waals surface area contributed by atoms with Gasteiger partial charge in [0.1, 0.15) is 5.75 Å². The van der Waals surface area contributed by atoms with E-state index in [0.29, 0.717) is 12.3 Å². The Labute approximate surface area is 111 Å². The molecule has 0 fully saturated rings. The highest BCUT2D eigenvalue weighted by atomic mass is 16.5. The summed E-state index contributed by atoms with van der Waals surface area (Å²) in [4.78, 5) is 0. The van der Waals surface area contributed by atoms with Gasteiger partial charge in [0.2, 0.25) is 0 Å². The van der Waals surface area contributed by atoms with E-state index in [1.165, 1.54) is 11.1 Å². The molecule has 1 rings (SSSR count). The second-order valence-electron chi connectivity index (χ2n) is 4.89. The first-order valence-electron chi connectivity index (χ1n) is 6.81. The second-order valence-corrected chi connectivity index (χ2v) is 4.89. The number of hydrogen-bond acceptors (Lipinski definition) is 2. The molecule has 0 bridgehead atoms. The highest BCUT2D eigenvalue weighted by molar-refractivity contribution is 5.39. The second kappa shape index (κ2) is 7.76. The molecule has 0 aliphatic rings. The van der Waals surface area contributed by atoms with Crippen molar-refractivity contribution in [2.45, 2.75) is 52.4 Å². The molecule has 0 saturated carbocycles. The van der Waals surface area contributed by atoms with Crippen molar-refractivity contribution < 1.29 is 4.74 Å². The van der Waals surface area contributed by atoms with Crippen LogP contribution < -0.4 is 4.74 Å². The van der Waals surface area contributed by atoms with Gasteiger partial charge in [-0.15, -0.1) is 0 Å². The molecule has 0 heterocycles. The van der Waals surface area contributed by atoms with Gasteiger partial charge < -0.3 is 4.74 Å². The van der Waals surface area contributed by atoms with Crippen LogP contribution in [-0.4, -0.2) is 6.61 Å². The first-order valence-corrected chi connectivity index (χ1v) is 6.81. The molecule has 0 aliphatic carbocycles. The van der Waals surface area contributed by atoms with Gasteiger partial charge in [0, 0.05) is 6.42 Å². The molecule has 1 aromatic carbocycles. The van der Waals surface area contributed by atoms with Gasteiger partial charge in [-0.3, -0.25) is 0 Å². The van der Waals surface area contributed by atoms with Crippen molar-refractivity contribution in [3.63, 3.8) is 0 Å². The predicted molar refractivity (Wildman–Crippen MR) is 74.9 cm³/mol. The molecule has 0 aliphatic heterocycles. The molecule has 18 heavy (non-hydrogen) atoms. The molecule has 0 saturated heterocycles. The summed E-state index contributed by atoms with van der Waals surface area (Å²) in [6, 6.07) is 8.61. The molecular weight excluding hydrogens is 222 g/mol. The number of nitrogens with zero attached hydrogens (tertiary/aromatic N) is 1. The quantitative estimate of drug-likeness (QED) is 0.665. The Morgan fingerprint density at radius 1 is 1.33 bits per heavy atom. The van der Waals surface area contributed by atoms with E-state index in [-0.39, 0.29) is 0 Å². The predicted octanol–water partition coefficient (Wildman–Crippen LogP) is 4.45. The van der Waals surface area contributed by atoms with Crippen LogP contribution >= 0.6 is 0 Å². The van der Waals surface area contributed by atoms with E-state index in [9.17, 15) is 0 Å². The van der Waals surface area contributed by atoms with Crippen LogP contribution in [0.2, 0.25) is 0 Å². The van der Waals surface area contributed by atoms with Crippen molar-refractivity contribution in [2.24, 2.45) is 0 Å². The van der Waals surface area contributed by atoms with Crippen LogP contribution in [0.5, 0.6) is 5.75 Å². The lowest BCUT2D eigenvalue weighted by Gasteiger charge is -2.15. The van der Waals surface area contributed by atoms with E-state index in [4.69, 9.17) is 10.00 Å². The molecule has 2 nitrogen and oxygen atoms in total. The first-order chi connectivity index (χ1) is 8.69. The number of rotatable bonds is 7. The van der Waals surface area contributed by atoms with Crippen molar-refractivity contribution in [1.82, 2.24) is 0 Å². The van der Waals surface area contributed by atoms with Gasteiger partial charge in [0.25, 0.3) is 0 Å². The van der Waals surface area contributed by atoms with Crippen LogP contribution in [0.3, 0.4) is 0 Å². The number of unbranched alkanes of at least 4 members (excludes halogenated alkanes) is 1. The van der Waals surface area contributed by atoms with Gasteiger partial charge in [0.05, 0.1) is 12.7 Å². The van der Waals surface area contributed by atoms with Gasteiger partial charge >= 0.3 is 0 Å². The number of aryl methyl sites for hydroxylation is 1. The van der Waals surface area contributed by atoms with Crippen LogP contribution in [-0.2, 0) is 6.42 Å². The molecule has 1 aromatic rings. The highest BCUT2D eigenvalue weighted by Gasteiger charge is 2.08. The van der Waals surface area contributed by atoms with E-state index >= 15 is 0 Å². The fourth-order valence-electron chi connectivity index (χ4n) is 1.92. The summed E-state index contributed by atoms with van der Waals surface area (Å²) in [5.74, 6) is 1.48. The Kier molecular flexibility index (Phi) is 6.28. The minimum Gasteiger partial charge on any atom is -0.493 e. The molecule has 0 atom stereocenters. The maximum Gasteiger partial charge on any atom is 0.122 e. The summed E-state index contributed by atoms with van der Waals surface area (Å²) in [5, 5.41) is 8.56. The number of benzene rings is 1. The van der Waals surface area contributed by atoms with Crippen LogP contribution in [0.25, 0.3) is 0 Å². The fourth-order valence-corrected chi connectivity index (χ4v) is 1.92. The largest absolute Gasteiger partial charge is 0.493 e. The SMILES string of the molecule is CCCOc1ccc(CCCC#N)cc1C(C)C. The average molecular weight is 245 g/mol. The van der Waals surface area contributed by atoms with E-state index in [1.54, 1.807) is 0 Å². The third kappa shape index (κ3) is 4.41. The van der Waals surface area contributed by atoms with Crippen molar-refractivity contribution >= 4 is 0 Å². The van der Waals surface area contributed by atoms with Crippen LogP contribution in [0.15, 0.2) is 18.2 Å². The topological polar surface area (TPSA) is 33.0 Å². The summed E-state index contributed by atoms with van der Waals surface area (Å²) in [6.07, 6.45) is 3.57. The highest BCUT2D eigenvalue weighted by Crippen LogP contribution is 2.28. The number of ether oxygens (including phenoxy) is 1. The van der Waals surface area contributed by atoms with Gasteiger partial charge in [-0.2, -0.15) is 5.26 Å². The average Bonchev–Trinajstić information content (AvgIpc) is 2.37. The monoisotopic (exact) mass is 245 g/mol. The Hall–Kier alpha value is -1.49. The van der Waals surface area contributed by atoms with Gasteiger partial charge in [-0.1, -0.05) is 32.9 Å². The lowest BCUT2D eigenvalue weighted by molar-refractivity contribution is 0.313. The zero-order chi connectivity index (χ0) is 13.4. The van der Waals surface area contributed by atoms with Crippen LogP contribution in [0.1, 0.15) is 57.1 Å². The number of nitriles is 1. The Morgan fingerprint density at radius 2 is 2.11 bits per heavy atom. The number of hydrogen-bond donors (Lipinski definition) is 0. The first kappa shape index (κ1) is 14.6. The van der Waals surface area contributed by atoms with Crippen LogP contribution in [0.4, 0.5) is 0 Å². The van der Waals surface area contributed by atoms with E-state index in [2.05, 4.69) is 45.0 Å². The summed E-state index contributed by atoms with van der Waals surface area (Å²) in [6.45, 7) is 7.26. The minimum absolute atomic E-state index is 0.466. The standard InChI is InChI=1S/C16H23NO/c1-4-11-18-16-9-8-14(7-5-6-10-17)12-15(16)13(2)3/h8-9,12-13H,4-7,11H2,1-3H3. The Morgan fingerprint density at radius 3 is 2.72 bits per heavy atom. The van der Waals surface area contributed by atoms with Gasteiger partial charge in [-0.25, -0.2) is 0 Å². The van der Waals surface area contributed by atoms with Crippen molar-refractivity contribution in [2.75, 3.05) is 6.61 Å². The molecule has 0 radical (unpaired) electrons. The maximum absolute atomic E-state index is 8.56. The minimum atomic E-state index is 0.466. The van der Waals surface area contributed by atoms with Crippen molar-refractivity contribution in [3.05, 3.63) is 29.3 Å². The lowest BCUT2D eigenvalue weighted by Crippen LogP contribution is -2.01. The molecule has 0 unspecified atom stereocenters. The normalized spacial score (nSPS) is 10.4. The molecular formula is C16H23NO.